The number of nitriles is 1. The van der Waals surface area contributed by atoms with Gasteiger partial charge in [-0.05, 0) is 23.8 Å². The Morgan fingerprint density at radius 2 is 2.08 bits per heavy atom. The van der Waals surface area contributed by atoms with Crippen LogP contribution in [0.1, 0.15) is 17.0 Å². The van der Waals surface area contributed by atoms with E-state index < -0.39 is 0 Å². The van der Waals surface area contributed by atoms with E-state index in [-0.39, 0.29) is 12.5 Å². The minimum absolute atomic E-state index is 0.0391. The van der Waals surface area contributed by atoms with E-state index in [0.717, 1.165) is 11.3 Å². The van der Waals surface area contributed by atoms with Gasteiger partial charge in [0.15, 0.2) is 0 Å². The van der Waals surface area contributed by atoms with E-state index >= 15 is 0 Å². The summed E-state index contributed by atoms with van der Waals surface area (Å²) in [5.41, 5.74) is 8.72. The first-order valence-electron chi connectivity index (χ1n) is 8.06. The number of halogens is 1. The quantitative estimate of drug-likeness (QED) is 0.906. The Kier molecular flexibility index (Phi) is 5.27. The van der Waals surface area contributed by atoms with Crippen LogP contribution < -0.4 is 5.73 Å². The van der Waals surface area contributed by atoms with Crippen molar-refractivity contribution in [3.8, 4) is 6.07 Å². The van der Waals surface area contributed by atoms with Crippen molar-refractivity contribution in [1.82, 2.24) is 9.47 Å². The molecule has 25 heavy (non-hydrogen) atoms. The highest BCUT2D eigenvalue weighted by Crippen LogP contribution is 2.23. The van der Waals surface area contributed by atoms with E-state index in [1.54, 1.807) is 21.6 Å². The first kappa shape index (κ1) is 17.3. The van der Waals surface area contributed by atoms with Crippen LogP contribution in [0.25, 0.3) is 0 Å². The third-order valence-electron chi connectivity index (χ3n) is 4.27. The van der Waals surface area contributed by atoms with Gasteiger partial charge in [-0.2, -0.15) is 5.26 Å². The third kappa shape index (κ3) is 3.95. The molecule has 1 aliphatic rings. The van der Waals surface area contributed by atoms with Crippen molar-refractivity contribution in [2.45, 2.75) is 13.0 Å². The molecule has 0 unspecified atom stereocenters. The minimum atomic E-state index is -0.0391. The van der Waals surface area contributed by atoms with Gasteiger partial charge < -0.3 is 19.9 Å². The van der Waals surface area contributed by atoms with Gasteiger partial charge in [-0.15, -0.1) is 0 Å². The topological polar surface area (TPSA) is 84.3 Å². The molecule has 0 spiro atoms. The molecule has 6 nitrogen and oxygen atoms in total. The lowest BCUT2D eigenvalue weighted by atomic mass is 10.1. The number of nitrogens with two attached hydrogens (primary N) is 1. The number of amides is 1. The fourth-order valence-corrected chi connectivity index (χ4v) is 3.18. The van der Waals surface area contributed by atoms with E-state index in [2.05, 4.69) is 6.07 Å². The zero-order chi connectivity index (χ0) is 17.8. The number of ether oxygens (including phenoxy) is 1. The largest absolute Gasteiger partial charge is 0.397 e. The van der Waals surface area contributed by atoms with Gasteiger partial charge in [-0.3, -0.25) is 4.79 Å². The number of morpholine rings is 1. The number of hydrogen-bond donors (Lipinski definition) is 1. The SMILES string of the molecule is N#Cc1cc(N)c(Cc2cccc(Cl)c2)n1CC(=O)N1CCOCC1. The molecule has 130 valence electrons. The number of nitrogen functional groups attached to an aromatic ring is 1. The molecule has 0 atom stereocenters. The fraction of sp³-hybridized carbons (Fsp3) is 0.333. The molecule has 2 N–H and O–H groups in total. The number of benzene rings is 1. The van der Waals surface area contributed by atoms with Crippen LogP contribution in [0.5, 0.6) is 0 Å². The summed E-state index contributed by atoms with van der Waals surface area (Å²) in [7, 11) is 0. The number of nitrogens with zero attached hydrogens (tertiary/aromatic N) is 3. The third-order valence-corrected chi connectivity index (χ3v) is 4.51. The molecule has 1 amide bonds. The summed E-state index contributed by atoms with van der Waals surface area (Å²) in [4.78, 5) is 14.3. The van der Waals surface area contributed by atoms with E-state index in [1.807, 2.05) is 18.2 Å². The standard InChI is InChI=1S/C18H19ClN4O2/c19-14-3-1-2-13(8-14)9-17-16(21)10-15(11-20)23(17)12-18(24)22-4-6-25-7-5-22/h1-3,8,10H,4-7,9,12,21H2. The molecule has 0 bridgehead atoms. The van der Waals surface area contributed by atoms with Gasteiger partial charge in [-0.25, -0.2) is 0 Å². The fourth-order valence-electron chi connectivity index (χ4n) is 2.97. The second-order valence-corrected chi connectivity index (χ2v) is 6.37. The molecule has 1 aromatic carbocycles. The van der Waals surface area contributed by atoms with E-state index in [4.69, 9.17) is 22.1 Å². The lowest BCUT2D eigenvalue weighted by molar-refractivity contribution is -0.135. The average molecular weight is 359 g/mol. The zero-order valence-electron chi connectivity index (χ0n) is 13.7. The van der Waals surface area contributed by atoms with Crippen LogP contribution in [0.3, 0.4) is 0 Å². The average Bonchev–Trinajstić information content (AvgIpc) is 2.91. The Morgan fingerprint density at radius 1 is 1.32 bits per heavy atom. The lowest BCUT2D eigenvalue weighted by Crippen LogP contribution is -2.42. The van der Waals surface area contributed by atoms with Crippen molar-refractivity contribution in [2.24, 2.45) is 0 Å². The molecule has 1 fully saturated rings. The molecule has 0 aliphatic carbocycles. The Morgan fingerprint density at radius 3 is 2.76 bits per heavy atom. The monoisotopic (exact) mass is 358 g/mol. The van der Waals surface area contributed by atoms with Crippen molar-refractivity contribution in [3.63, 3.8) is 0 Å². The van der Waals surface area contributed by atoms with Crippen LogP contribution in [0.15, 0.2) is 30.3 Å². The van der Waals surface area contributed by atoms with Gasteiger partial charge in [-0.1, -0.05) is 23.7 Å². The Labute approximate surface area is 151 Å². The van der Waals surface area contributed by atoms with Crippen molar-refractivity contribution < 1.29 is 9.53 Å². The molecule has 3 rings (SSSR count). The molecular weight excluding hydrogens is 340 g/mol. The first-order chi connectivity index (χ1) is 12.1. The van der Waals surface area contributed by atoms with E-state index in [9.17, 15) is 10.1 Å². The van der Waals surface area contributed by atoms with Gasteiger partial charge in [0.25, 0.3) is 0 Å². The second-order valence-electron chi connectivity index (χ2n) is 5.93. The predicted molar refractivity (Wildman–Crippen MR) is 95.2 cm³/mol. The number of carbonyl (C=O) groups excluding carboxylic acids is 1. The maximum Gasteiger partial charge on any atom is 0.242 e. The van der Waals surface area contributed by atoms with E-state index in [1.165, 1.54) is 0 Å². The van der Waals surface area contributed by atoms with Gasteiger partial charge in [0.1, 0.15) is 18.3 Å². The Hall–Kier alpha value is -2.49. The second kappa shape index (κ2) is 7.60. The molecule has 1 aromatic heterocycles. The van der Waals surface area contributed by atoms with Crippen molar-refractivity contribution in [3.05, 3.63) is 52.3 Å². The molecule has 0 saturated carbocycles. The summed E-state index contributed by atoms with van der Waals surface area (Å²) in [6.45, 7) is 2.32. The number of carbonyl (C=O) groups is 1. The van der Waals surface area contributed by atoms with Gasteiger partial charge in [0.2, 0.25) is 5.91 Å². The summed E-state index contributed by atoms with van der Waals surface area (Å²) in [5, 5.41) is 10.0. The predicted octanol–water partition coefficient (Wildman–Crippen LogP) is 2.04. The summed E-state index contributed by atoms with van der Waals surface area (Å²) in [6, 6.07) is 11.2. The lowest BCUT2D eigenvalue weighted by Gasteiger charge is -2.27. The number of rotatable bonds is 4. The summed E-state index contributed by atoms with van der Waals surface area (Å²) >= 11 is 6.05. The summed E-state index contributed by atoms with van der Waals surface area (Å²) < 4.78 is 6.98. The Bertz CT molecular complexity index is 819. The number of anilines is 1. The maximum absolute atomic E-state index is 12.6. The normalized spacial score (nSPS) is 14.3. The van der Waals surface area contributed by atoms with Crippen LogP contribution in [-0.2, 0) is 22.5 Å². The van der Waals surface area contributed by atoms with Crippen LogP contribution in [0, 0.1) is 11.3 Å². The molecule has 0 radical (unpaired) electrons. The smallest absolute Gasteiger partial charge is 0.242 e. The van der Waals surface area contributed by atoms with Crippen LogP contribution >= 0.6 is 11.6 Å². The highest BCUT2D eigenvalue weighted by Gasteiger charge is 2.21. The van der Waals surface area contributed by atoms with Gasteiger partial charge in [0.05, 0.1) is 18.9 Å². The molecule has 2 heterocycles. The molecule has 7 heteroatoms. The maximum atomic E-state index is 12.6. The van der Waals surface area contributed by atoms with Crippen molar-refractivity contribution in [1.29, 1.82) is 5.26 Å². The highest BCUT2D eigenvalue weighted by molar-refractivity contribution is 6.30. The zero-order valence-corrected chi connectivity index (χ0v) is 14.5. The molecule has 2 aromatic rings. The van der Waals surface area contributed by atoms with Gasteiger partial charge >= 0.3 is 0 Å². The van der Waals surface area contributed by atoms with Crippen LogP contribution in [0.4, 0.5) is 5.69 Å². The highest BCUT2D eigenvalue weighted by atomic mass is 35.5. The van der Waals surface area contributed by atoms with E-state index in [0.29, 0.717) is 49.1 Å². The first-order valence-corrected chi connectivity index (χ1v) is 8.44. The summed E-state index contributed by atoms with van der Waals surface area (Å²) in [5.74, 6) is -0.0391. The van der Waals surface area contributed by atoms with Crippen LogP contribution in [0.2, 0.25) is 5.02 Å². The number of aromatic nitrogens is 1. The van der Waals surface area contributed by atoms with Crippen molar-refractivity contribution in [2.75, 3.05) is 32.0 Å². The van der Waals surface area contributed by atoms with Crippen molar-refractivity contribution >= 4 is 23.2 Å². The van der Waals surface area contributed by atoms with Crippen LogP contribution in [-0.4, -0.2) is 41.7 Å². The molecule has 1 aliphatic heterocycles. The number of hydrogen-bond acceptors (Lipinski definition) is 4. The minimum Gasteiger partial charge on any atom is -0.397 e. The molecular formula is C18H19ClN4O2. The Balaban J connectivity index is 1.87. The molecule has 1 saturated heterocycles. The van der Waals surface area contributed by atoms with Gasteiger partial charge in [0, 0.05) is 30.2 Å². The summed E-state index contributed by atoms with van der Waals surface area (Å²) in [6.07, 6.45) is 0.504.